The predicted octanol–water partition coefficient (Wildman–Crippen LogP) is 15.3. The molecule has 7 fully saturated rings. The Labute approximate surface area is 363 Å². The van der Waals surface area contributed by atoms with Crippen LogP contribution in [-0.4, -0.2) is 46.1 Å². The van der Waals surface area contributed by atoms with Crippen LogP contribution in [0.15, 0.2) is 0 Å². The van der Waals surface area contributed by atoms with E-state index in [0.717, 1.165) is 131 Å². The van der Waals surface area contributed by atoms with Crippen LogP contribution in [0.25, 0.3) is 0 Å². The van der Waals surface area contributed by atoms with E-state index >= 15 is 0 Å². The zero-order valence-corrected chi connectivity index (χ0v) is 41.9. The number of rotatable bonds is 6. The molecule has 0 aromatic rings. The molecule has 2 heteroatoms. The molecule has 0 heterocycles. The fourth-order valence-corrected chi connectivity index (χ4v) is 17.3. The third-order valence-electron chi connectivity index (χ3n) is 21.5. The summed E-state index contributed by atoms with van der Waals surface area (Å²) in [5, 5.41) is 0. The first-order valence-corrected chi connectivity index (χ1v) is 26.7. The zero-order chi connectivity index (χ0) is 42.2. The lowest BCUT2D eigenvalue weighted by Crippen LogP contribution is -2.72. The van der Waals surface area contributed by atoms with Crippen molar-refractivity contribution in [2.75, 3.05) is 0 Å². The van der Waals surface area contributed by atoms with Crippen LogP contribution in [0.3, 0.4) is 0 Å². The molecule has 0 aromatic heterocycles. The van der Waals surface area contributed by atoms with E-state index in [1.165, 1.54) is 103 Å². The summed E-state index contributed by atoms with van der Waals surface area (Å²) in [5.74, 6) is 13.4. The molecular formula is C56H102N2. The van der Waals surface area contributed by atoms with Crippen LogP contribution < -0.4 is 0 Å². The van der Waals surface area contributed by atoms with Crippen LogP contribution in [0.4, 0.5) is 0 Å². The molecule has 0 saturated heterocycles. The highest BCUT2D eigenvalue weighted by Gasteiger charge is 2.62. The molecule has 0 radical (unpaired) electrons. The lowest BCUT2D eigenvalue weighted by molar-refractivity contribution is -0.184. The second-order valence-corrected chi connectivity index (χ2v) is 26.9. The van der Waals surface area contributed by atoms with E-state index in [0.29, 0.717) is 10.8 Å². The Balaban J connectivity index is 1.42. The van der Waals surface area contributed by atoms with Crippen LogP contribution in [0.1, 0.15) is 214 Å². The van der Waals surface area contributed by atoms with Crippen molar-refractivity contribution in [1.29, 1.82) is 0 Å². The molecule has 2 nitrogen and oxygen atoms in total. The Morgan fingerprint density at radius 3 is 0.948 bits per heavy atom. The maximum atomic E-state index is 3.53. The average Bonchev–Trinajstić information content (AvgIpc) is 3.16. The van der Waals surface area contributed by atoms with Crippen LogP contribution >= 0.6 is 0 Å². The topological polar surface area (TPSA) is 6.48 Å². The van der Waals surface area contributed by atoms with Crippen LogP contribution in [0, 0.1) is 106 Å². The molecule has 336 valence electrons. The molecular weight excluding hydrogens is 701 g/mol. The number of hydrogen-bond acceptors (Lipinski definition) is 2. The second kappa shape index (κ2) is 17.8. The first-order valence-electron chi connectivity index (χ1n) is 26.7. The molecule has 7 saturated carbocycles. The molecule has 0 spiro atoms. The minimum absolute atomic E-state index is 0.392. The molecule has 58 heavy (non-hydrogen) atoms. The van der Waals surface area contributed by atoms with Gasteiger partial charge in [-0.2, -0.15) is 0 Å². The summed E-state index contributed by atoms with van der Waals surface area (Å²) in [6.45, 7) is 42.4. The minimum atomic E-state index is 0.392. The first kappa shape index (κ1) is 45.9. The maximum absolute atomic E-state index is 3.53. The highest BCUT2D eigenvalue weighted by Crippen LogP contribution is 2.62. The van der Waals surface area contributed by atoms with Gasteiger partial charge < -0.3 is 0 Å². The van der Waals surface area contributed by atoms with Gasteiger partial charge in [0.05, 0.1) is 0 Å². The van der Waals surface area contributed by atoms with Gasteiger partial charge in [-0.25, -0.2) is 0 Å². The molecule has 18 unspecified atom stereocenters. The van der Waals surface area contributed by atoms with Gasteiger partial charge in [-0.1, -0.05) is 111 Å². The number of nitrogens with zero attached hydrogens (tertiary/aromatic N) is 2. The van der Waals surface area contributed by atoms with E-state index in [1.807, 2.05) is 0 Å². The van der Waals surface area contributed by atoms with Gasteiger partial charge in [0.15, 0.2) is 0 Å². The van der Waals surface area contributed by atoms with E-state index < -0.39 is 0 Å². The Kier molecular flexibility index (Phi) is 14.1. The zero-order valence-electron chi connectivity index (χ0n) is 41.9. The lowest BCUT2D eigenvalue weighted by atomic mass is 9.48. The van der Waals surface area contributed by atoms with Crippen LogP contribution in [0.2, 0.25) is 0 Å². The molecule has 7 rings (SSSR count). The number of hydrogen-bond donors (Lipinski definition) is 0. The second-order valence-electron chi connectivity index (χ2n) is 26.9. The Bertz CT molecular complexity index is 1210. The minimum Gasteiger partial charge on any atom is -0.293 e. The normalized spacial score (nSPS) is 51.0. The third kappa shape index (κ3) is 8.87. The fourth-order valence-electron chi connectivity index (χ4n) is 17.3. The van der Waals surface area contributed by atoms with Gasteiger partial charge in [0.2, 0.25) is 0 Å². The average molecular weight is 803 g/mol. The summed E-state index contributed by atoms with van der Waals surface area (Å²) >= 11 is 0. The molecule has 18 atom stereocenters. The van der Waals surface area contributed by atoms with Gasteiger partial charge in [-0.05, 0) is 208 Å². The molecule has 0 aromatic carbocycles. The van der Waals surface area contributed by atoms with Crippen molar-refractivity contribution in [2.24, 2.45) is 106 Å². The van der Waals surface area contributed by atoms with Crippen LogP contribution in [0.5, 0.6) is 0 Å². The maximum Gasteiger partial charge on any atom is 0.0164 e. The molecule has 0 amide bonds. The van der Waals surface area contributed by atoms with Crippen LogP contribution in [-0.2, 0) is 0 Å². The van der Waals surface area contributed by atoms with Gasteiger partial charge in [-0.3, -0.25) is 9.80 Å². The van der Waals surface area contributed by atoms with E-state index in [1.54, 1.807) is 0 Å². The monoisotopic (exact) mass is 803 g/mol. The van der Waals surface area contributed by atoms with Gasteiger partial charge >= 0.3 is 0 Å². The van der Waals surface area contributed by atoms with Crippen molar-refractivity contribution in [3.05, 3.63) is 0 Å². The third-order valence-corrected chi connectivity index (χ3v) is 21.5. The summed E-state index contributed by atoms with van der Waals surface area (Å²) in [6, 6.07) is 4.64. The Morgan fingerprint density at radius 2 is 0.638 bits per heavy atom. The van der Waals surface area contributed by atoms with Gasteiger partial charge in [0, 0.05) is 36.3 Å². The highest BCUT2D eigenvalue weighted by molar-refractivity contribution is 5.14. The predicted molar refractivity (Wildman–Crippen MR) is 252 cm³/mol. The number of fused-ring (bicyclic) bond motifs is 2. The Morgan fingerprint density at radius 1 is 0.310 bits per heavy atom. The summed E-state index contributed by atoms with van der Waals surface area (Å²) < 4.78 is 0. The molecule has 7 aliphatic carbocycles. The lowest BCUT2D eigenvalue weighted by Gasteiger charge is -2.68. The quantitative estimate of drug-likeness (QED) is 0.264. The van der Waals surface area contributed by atoms with Gasteiger partial charge in [-0.15, -0.1) is 0 Å². The van der Waals surface area contributed by atoms with Crippen molar-refractivity contribution >= 4 is 0 Å². The van der Waals surface area contributed by atoms with E-state index in [4.69, 9.17) is 0 Å². The van der Waals surface area contributed by atoms with Crippen molar-refractivity contribution in [1.82, 2.24) is 9.80 Å². The van der Waals surface area contributed by atoms with Gasteiger partial charge in [0.1, 0.15) is 0 Å². The van der Waals surface area contributed by atoms with Crippen molar-refractivity contribution < 1.29 is 0 Å². The van der Waals surface area contributed by atoms with E-state index in [9.17, 15) is 0 Å². The first-order chi connectivity index (χ1) is 27.2. The summed E-state index contributed by atoms with van der Waals surface area (Å²) in [5.41, 5.74) is 0.785. The standard InChI is InChI=1S/C56H102N2/c1-33-17-23-45(24-18-33)57(51-37(5)29-35(3)39(7)41(51)9)53-47-27-21-44(56(14,15)16)32-50(47)54(48-28-22-43(31-49(48)53)55(11,12)13)58(46-25-19-34(2)20-26-46)52-38(6)30-36(4)40(8)42(52)10/h33-54H,17-32H2,1-16H3. The highest BCUT2D eigenvalue weighted by atomic mass is 15.3. The van der Waals surface area contributed by atoms with Crippen molar-refractivity contribution in [3.8, 4) is 0 Å². The SMILES string of the molecule is CC1CCC(N(C2C(C)CC(C)C(C)C2C)C2C3CCC(C(C)(C)C)CC3C(N(C3CCC(C)CC3)C3C(C)CC(C)C(C)C3C)C3CCC(C(C)(C)C)CC32)CC1. The summed E-state index contributed by atoms with van der Waals surface area (Å²) in [6.07, 6.45) is 23.5. The van der Waals surface area contributed by atoms with Crippen molar-refractivity contribution in [2.45, 2.75) is 250 Å². The van der Waals surface area contributed by atoms with E-state index in [2.05, 4.69) is 121 Å². The largest absolute Gasteiger partial charge is 0.293 e. The summed E-state index contributed by atoms with van der Waals surface area (Å²) in [4.78, 5) is 7.06. The smallest absolute Gasteiger partial charge is 0.0164 e. The van der Waals surface area contributed by atoms with E-state index in [-0.39, 0.29) is 0 Å². The summed E-state index contributed by atoms with van der Waals surface area (Å²) in [7, 11) is 0. The molecule has 0 N–H and O–H groups in total. The molecule has 0 bridgehead atoms. The molecule has 7 aliphatic rings. The van der Waals surface area contributed by atoms with Crippen molar-refractivity contribution in [3.63, 3.8) is 0 Å². The van der Waals surface area contributed by atoms with Gasteiger partial charge in [0.25, 0.3) is 0 Å². The Hall–Kier alpha value is -0.0800. The molecule has 0 aliphatic heterocycles. The fraction of sp³-hybridized carbons (Fsp3) is 1.00.